The van der Waals surface area contributed by atoms with Crippen LogP contribution in [0.5, 0.6) is 17.4 Å². The Morgan fingerprint density at radius 2 is 1.74 bits per heavy atom. The quantitative estimate of drug-likeness (QED) is 0.229. The van der Waals surface area contributed by atoms with Gasteiger partial charge < -0.3 is 39.4 Å². The molecule has 9 heteroatoms. The fraction of sp³-hybridized carbons (Fsp3) is 0.567. The predicted octanol–water partition coefficient (Wildman–Crippen LogP) is 3.57. The van der Waals surface area contributed by atoms with Gasteiger partial charge in [0.1, 0.15) is 18.3 Å². The number of ether oxygens (including phenoxy) is 4. The Balaban J connectivity index is 2.17. The molecule has 1 aromatic rings. The van der Waals surface area contributed by atoms with Crippen LogP contribution in [0.1, 0.15) is 52.3 Å². The second-order valence-corrected chi connectivity index (χ2v) is 9.96. The number of pyridine rings is 1. The summed E-state index contributed by atoms with van der Waals surface area (Å²) in [5.74, 6) is 0.754. The minimum Gasteiger partial charge on any atom is -0.489 e. The molecule has 218 valence electrons. The molecule has 0 radical (unpaired) electrons. The Bertz CT molecular complexity index is 1060. The number of hydrogen-bond acceptors (Lipinski definition) is 9. The van der Waals surface area contributed by atoms with Crippen LogP contribution in [0.3, 0.4) is 0 Å². The van der Waals surface area contributed by atoms with Gasteiger partial charge in [0.05, 0.1) is 32.1 Å². The molecule has 1 fully saturated rings. The lowest BCUT2D eigenvalue weighted by molar-refractivity contribution is -0.268. The molecule has 0 amide bonds. The van der Waals surface area contributed by atoms with E-state index in [9.17, 15) is 20.4 Å². The van der Waals surface area contributed by atoms with Crippen LogP contribution in [-0.2, 0) is 11.2 Å². The number of methoxy groups -OCH3 is 2. The van der Waals surface area contributed by atoms with Crippen molar-refractivity contribution >= 4 is 0 Å². The van der Waals surface area contributed by atoms with E-state index in [-0.39, 0.29) is 23.3 Å². The normalized spacial score (nSPS) is 26.2. The average Bonchev–Trinajstić information content (AvgIpc) is 2.93. The van der Waals surface area contributed by atoms with Gasteiger partial charge in [0.15, 0.2) is 5.75 Å². The number of aliphatic hydroxyl groups excluding tert-OH is 4. The van der Waals surface area contributed by atoms with Gasteiger partial charge in [0.25, 0.3) is 5.88 Å². The third-order valence-electron chi connectivity index (χ3n) is 7.02. The Morgan fingerprint density at radius 1 is 1.05 bits per heavy atom. The van der Waals surface area contributed by atoms with E-state index in [4.69, 9.17) is 18.9 Å². The van der Waals surface area contributed by atoms with Gasteiger partial charge in [-0.25, -0.2) is 4.98 Å². The molecule has 7 atom stereocenters. The summed E-state index contributed by atoms with van der Waals surface area (Å²) in [5, 5.41) is 40.9. The molecule has 1 aromatic heterocycles. The van der Waals surface area contributed by atoms with Crippen molar-refractivity contribution in [1.82, 2.24) is 4.98 Å². The van der Waals surface area contributed by atoms with Gasteiger partial charge >= 0.3 is 0 Å². The number of nitrogens with zero attached hydrogens (tertiary/aromatic N) is 1. The second kappa shape index (κ2) is 15.2. The highest BCUT2D eigenvalue weighted by molar-refractivity contribution is 5.54. The monoisotopic (exact) mass is 547 g/mol. The minimum absolute atomic E-state index is 0.0228. The predicted molar refractivity (Wildman–Crippen MR) is 150 cm³/mol. The van der Waals surface area contributed by atoms with Gasteiger partial charge in [0, 0.05) is 17.9 Å². The van der Waals surface area contributed by atoms with Crippen molar-refractivity contribution in [3.63, 3.8) is 0 Å². The molecule has 2 rings (SSSR count). The summed E-state index contributed by atoms with van der Waals surface area (Å²) in [6, 6.07) is 0. The lowest BCUT2D eigenvalue weighted by Crippen LogP contribution is -2.58. The first kappa shape index (κ1) is 32.5. The van der Waals surface area contributed by atoms with Gasteiger partial charge in [0.2, 0.25) is 12.0 Å². The van der Waals surface area contributed by atoms with Crippen molar-refractivity contribution in [1.29, 1.82) is 0 Å². The van der Waals surface area contributed by atoms with Crippen LogP contribution in [0.2, 0.25) is 0 Å². The molecule has 4 N–H and O–H groups in total. The van der Waals surface area contributed by atoms with Crippen molar-refractivity contribution in [2.24, 2.45) is 5.92 Å². The topological polar surface area (TPSA) is 131 Å². The smallest absolute Gasteiger partial charge is 0.261 e. The zero-order chi connectivity index (χ0) is 29.3. The highest BCUT2D eigenvalue weighted by Gasteiger charge is 2.43. The molecule has 2 heterocycles. The summed E-state index contributed by atoms with van der Waals surface area (Å²) in [6.07, 6.45) is 6.59. The van der Waals surface area contributed by atoms with Crippen molar-refractivity contribution in [2.45, 2.75) is 91.2 Å². The molecule has 1 aliphatic rings. The molecule has 9 nitrogen and oxygen atoms in total. The molecule has 0 bridgehead atoms. The van der Waals surface area contributed by atoms with Gasteiger partial charge in [-0.3, -0.25) is 0 Å². The lowest BCUT2D eigenvalue weighted by atomic mass is 9.98. The van der Waals surface area contributed by atoms with E-state index < -0.39 is 36.8 Å². The number of aromatic nitrogens is 1. The highest BCUT2D eigenvalue weighted by atomic mass is 16.7. The fourth-order valence-electron chi connectivity index (χ4n) is 4.16. The number of aliphatic hydroxyl groups is 4. The van der Waals surface area contributed by atoms with Crippen LogP contribution < -0.4 is 14.2 Å². The van der Waals surface area contributed by atoms with Crippen molar-refractivity contribution in [3.05, 3.63) is 58.9 Å². The van der Waals surface area contributed by atoms with Crippen molar-refractivity contribution in [2.75, 3.05) is 14.2 Å². The number of rotatable bonds is 12. The van der Waals surface area contributed by atoms with Crippen LogP contribution in [0.4, 0.5) is 0 Å². The van der Waals surface area contributed by atoms with E-state index in [0.29, 0.717) is 17.7 Å². The van der Waals surface area contributed by atoms with E-state index in [0.717, 1.165) is 17.6 Å². The standard InChI is InChI=1S/C30H45NO8/c1-9-18(3)23(32)19(4)14-12-10-11-13-17(2)15-16-22-20(5)27(28(36-7)29(31-22)37-8)39-30-26(35)25(34)24(33)21(6)38-30/h9-12,14-15,19,21,23-26,30,32-35H,13,16H2,1-8H3/b11-10+,14-12+,17-15+,18-9+/t19-,21+,23-,24-,25-,26+,30+/m1/s1. The molecule has 0 saturated carbocycles. The highest BCUT2D eigenvalue weighted by Crippen LogP contribution is 2.41. The first-order valence-corrected chi connectivity index (χ1v) is 13.2. The lowest BCUT2D eigenvalue weighted by Gasteiger charge is -2.39. The molecule has 39 heavy (non-hydrogen) atoms. The summed E-state index contributed by atoms with van der Waals surface area (Å²) < 4.78 is 22.6. The maximum atomic E-state index is 10.4. The minimum atomic E-state index is -1.47. The molecule has 1 aliphatic heterocycles. The maximum absolute atomic E-state index is 10.4. The van der Waals surface area contributed by atoms with Crippen LogP contribution >= 0.6 is 0 Å². The second-order valence-electron chi connectivity index (χ2n) is 9.96. The molecular weight excluding hydrogens is 502 g/mol. The Labute approximate surface area is 232 Å². The Kier molecular flexibility index (Phi) is 12.7. The SMILES string of the molecule is C/C=C(\C)[C@@H](O)[C@H](C)/C=C/C=C/C/C(C)=C/Cc1nc(OC)c(OC)c(O[C@@H]2O[C@@H](C)[C@@H](O)[C@@H](O)[C@@H]2O)c1C. The van der Waals surface area contributed by atoms with Crippen molar-refractivity contribution < 1.29 is 39.4 Å². The molecular formula is C30H45NO8. The largest absolute Gasteiger partial charge is 0.489 e. The summed E-state index contributed by atoms with van der Waals surface area (Å²) in [4.78, 5) is 4.59. The fourth-order valence-corrected chi connectivity index (χ4v) is 4.16. The van der Waals surface area contributed by atoms with E-state index in [2.05, 4.69) is 17.1 Å². The maximum Gasteiger partial charge on any atom is 0.261 e. The third-order valence-corrected chi connectivity index (χ3v) is 7.02. The van der Waals surface area contributed by atoms with Gasteiger partial charge in [-0.1, -0.05) is 49.0 Å². The summed E-state index contributed by atoms with van der Waals surface area (Å²) in [6.45, 7) is 11.3. The first-order valence-electron chi connectivity index (χ1n) is 13.2. The summed E-state index contributed by atoms with van der Waals surface area (Å²) >= 11 is 0. The van der Waals surface area contributed by atoms with E-state index in [1.807, 2.05) is 58.9 Å². The van der Waals surface area contributed by atoms with Crippen LogP contribution in [0.15, 0.2) is 47.6 Å². The molecule has 0 spiro atoms. The molecule has 1 saturated heterocycles. The molecule has 0 aliphatic carbocycles. The number of hydrogen-bond donors (Lipinski definition) is 4. The van der Waals surface area contributed by atoms with Gasteiger partial charge in [-0.2, -0.15) is 0 Å². The Morgan fingerprint density at radius 3 is 2.36 bits per heavy atom. The van der Waals surface area contributed by atoms with Crippen LogP contribution in [-0.4, -0.2) is 76.4 Å². The molecule has 0 aromatic carbocycles. The average molecular weight is 548 g/mol. The van der Waals surface area contributed by atoms with Gasteiger partial charge in [-0.05, 0) is 46.6 Å². The summed E-state index contributed by atoms with van der Waals surface area (Å²) in [5.41, 5.74) is 3.44. The zero-order valence-electron chi connectivity index (χ0n) is 24.3. The molecule has 0 unspecified atom stereocenters. The van der Waals surface area contributed by atoms with E-state index in [1.54, 1.807) is 6.92 Å². The van der Waals surface area contributed by atoms with Crippen LogP contribution in [0.25, 0.3) is 0 Å². The zero-order valence-corrected chi connectivity index (χ0v) is 24.3. The third kappa shape index (κ3) is 8.40. The summed E-state index contributed by atoms with van der Waals surface area (Å²) in [7, 11) is 2.93. The van der Waals surface area contributed by atoms with Crippen molar-refractivity contribution in [3.8, 4) is 17.4 Å². The van der Waals surface area contributed by atoms with E-state index in [1.165, 1.54) is 14.2 Å². The van der Waals surface area contributed by atoms with Crippen LogP contribution in [0, 0.1) is 12.8 Å². The Hall–Kier alpha value is -2.69. The number of allylic oxidation sites excluding steroid dienone is 6. The first-order chi connectivity index (χ1) is 18.5. The van der Waals surface area contributed by atoms with Gasteiger partial charge in [-0.15, -0.1) is 0 Å². The van der Waals surface area contributed by atoms with E-state index >= 15 is 0 Å².